The summed E-state index contributed by atoms with van der Waals surface area (Å²) in [6.07, 6.45) is 0.508. The minimum Gasteiger partial charge on any atom is -0.393 e. The topological polar surface area (TPSA) is 68.4 Å². The summed E-state index contributed by atoms with van der Waals surface area (Å²) in [5.41, 5.74) is 0. The average molecular weight is 214 g/mol. The lowest BCUT2D eigenvalue weighted by Crippen LogP contribution is -2.09. The van der Waals surface area contributed by atoms with Gasteiger partial charge in [0.15, 0.2) is 5.82 Å². The van der Waals surface area contributed by atoms with Gasteiger partial charge in [0, 0.05) is 6.61 Å². The predicted molar refractivity (Wildman–Crippen MR) is 54.3 cm³/mol. The molecule has 0 saturated heterocycles. The fourth-order valence-electron chi connectivity index (χ4n) is 1.19. The van der Waals surface area contributed by atoms with E-state index in [0.717, 1.165) is 0 Å². The van der Waals surface area contributed by atoms with Crippen molar-refractivity contribution in [2.45, 2.75) is 45.8 Å². The van der Waals surface area contributed by atoms with Gasteiger partial charge in [-0.2, -0.15) is 4.98 Å². The summed E-state index contributed by atoms with van der Waals surface area (Å²) in [6, 6.07) is 0. The van der Waals surface area contributed by atoms with Crippen molar-refractivity contribution < 1.29 is 14.4 Å². The van der Waals surface area contributed by atoms with Crippen LogP contribution in [0, 0.1) is 0 Å². The molecule has 5 heteroatoms. The molecule has 15 heavy (non-hydrogen) atoms. The van der Waals surface area contributed by atoms with Crippen molar-refractivity contribution in [3.63, 3.8) is 0 Å². The number of aromatic nitrogens is 2. The quantitative estimate of drug-likeness (QED) is 0.776. The van der Waals surface area contributed by atoms with E-state index in [4.69, 9.17) is 9.26 Å². The molecule has 1 N–H and O–H groups in total. The summed E-state index contributed by atoms with van der Waals surface area (Å²) >= 11 is 0. The summed E-state index contributed by atoms with van der Waals surface area (Å²) in [5.74, 6) is 1.00. The van der Waals surface area contributed by atoms with Gasteiger partial charge in [0.1, 0.15) is 6.10 Å². The number of aliphatic hydroxyl groups excluding tert-OH is 1. The molecule has 86 valence electrons. The lowest BCUT2D eigenvalue weighted by Gasteiger charge is -2.05. The minimum atomic E-state index is -0.416. The van der Waals surface area contributed by atoms with Crippen LogP contribution in [0.3, 0.4) is 0 Å². The third kappa shape index (κ3) is 3.60. The van der Waals surface area contributed by atoms with E-state index in [1.807, 2.05) is 20.8 Å². The molecule has 0 aliphatic heterocycles. The Labute approximate surface area is 89.4 Å². The molecule has 2 unspecified atom stereocenters. The summed E-state index contributed by atoms with van der Waals surface area (Å²) < 4.78 is 10.3. The summed E-state index contributed by atoms with van der Waals surface area (Å²) in [7, 11) is 0. The van der Waals surface area contributed by atoms with Gasteiger partial charge in [0.25, 0.3) is 0 Å². The van der Waals surface area contributed by atoms with E-state index in [-0.39, 0.29) is 6.10 Å². The molecule has 2 atom stereocenters. The lowest BCUT2D eigenvalue weighted by atomic mass is 10.2. The first kappa shape index (κ1) is 12.1. The van der Waals surface area contributed by atoms with E-state index >= 15 is 0 Å². The maximum atomic E-state index is 9.40. The summed E-state index contributed by atoms with van der Waals surface area (Å²) in [5, 5.41) is 13.2. The first-order chi connectivity index (χ1) is 7.17. The van der Waals surface area contributed by atoms with Crippen LogP contribution >= 0.6 is 0 Å². The van der Waals surface area contributed by atoms with Gasteiger partial charge in [-0.25, -0.2) is 0 Å². The van der Waals surface area contributed by atoms with Crippen molar-refractivity contribution in [2.75, 3.05) is 6.61 Å². The number of hydrogen-bond donors (Lipinski definition) is 1. The van der Waals surface area contributed by atoms with Crippen LogP contribution in [0.25, 0.3) is 0 Å². The molecule has 0 aromatic carbocycles. The highest BCUT2D eigenvalue weighted by Crippen LogP contribution is 2.13. The summed E-state index contributed by atoms with van der Waals surface area (Å²) in [4.78, 5) is 4.15. The van der Waals surface area contributed by atoms with Crippen LogP contribution in [0.5, 0.6) is 0 Å². The second-order valence-corrected chi connectivity index (χ2v) is 3.41. The zero-order valence-electron chi connectivity index (χ0n) is 9.43. The molecule has 1 rings (SSSR count). The molecule has 0 aliphatic rings. The molecule has 0 radical (unpaired) electrons. The summed E-state index contributed by atoms with van der Waals surface area (Å²) in [6.45, 7) is 6.31. The van der Waals surface area contributed by atoms with E-state index in [9.17, 15) is 5.11 Å². The van der Waals surface area contributed by atoms with E-state index in [0.29, 0.717) is 31.2 Å². The van der Waals surface area contributed by atoms with Crippen molar-refractivity contribution in [1.82, 2.24) is 10.1 Å². The standard InChI is InChI=1S/C10H18N2O3/c1-4-8(13)6-9-11-10(12-15-9)7(3)14-5-2/h7-8,13H,4-6H2,1-3H3. The Bertz CT molecular complexity index is 288. The fraction of sp³-hybridized carbons (Fsp3) is 0.800. The number of aliphatic hydroxyl groups is 1. The number of rotatable bonds is 6. The first-order valence-corrected chi connectivity index (χ1v) is 5.29. The lowest BCUT2D eigenvalue weighted by molar-refractivity contribution is 0.0683. The molecule has 5 nitrogen and oxygen atoms in total. The third-order valence-corrected chi connectivity index (χ3v) is 2.15. The number of hydrogen-bond acceptors (Lipinski definition) is 5. The monoisotopic (exact) mass is 214 g/mol. The van der Waals surface area contributed by atoms with Crippen molar-refractivity contribution in [2.24, 2.45) is 0 Å². The highest BCUT2D eigenvalue weighted by Gasteiger charge is 2.15. The fourth-order valence-corrected chi connectivity index (χ4v) is 1.19. The van der Waals surface area contributed by atoms with Crippen molar-refractivity contribution in [3.05, 3.63) is 11.7 Å². The van der Waals surface area contributed by atoms with E-state index in [1.54, 1.807) is 0 Å². The van der Waals surface area contributed by atoms with Gasteiger partial charge in [-0.05, 0) is 20.3 Å². The van der Waals surface area contributed by atoms with E-state index in [2.05, 4.69) is 10.1 Å². The van der Waals surface area contributed by atoms with Gasteiger partial charge >= 0.3 is 0 Å². The average Bonchev–Trinajstić information content (AvgIpc) is 2.66. The Morgan fingerprint density at radius 3 is 2.80 bits per heavy atom. The number of nitrogens with zero attached hydrogens (tertiary/aromatic N) is 2. The van der Waals surface area contributed by atoms with Crippen molar-refractivity contribution in [1.29, 1.82) is 0 Å². The molecule has 0 fully saturated rings. The zero-order chi connectivity index (χ0) is 11.3. The van der Waals surface area contributed by atoms with Gasteiger partial charge in [-0.3, -0.25) is 0 Å². The van der Waals surface area contributed by atoms with Crippen LogP contribution in [0.15, 0.2) is 4.52 Å². The highest BCUT2D eigenvalue weighted by atomic mass is 16.5. The SMILES string of the molecule is CCOC(C)c1noc(CC(O)CC)n1. The third-order valence-electron chi connectivity index (χ3n) is 2.15. The van der Waals surface area contributed by atoms with Crippen molar-refractivity contribution >= 4 is 0 Å². The second-order valence-electron chi connectivity index (χ2n) is 3.41. The van der Waals surface area contributed by atoms with Crippen LogP contribution < -0.4 is 0 Å². The predicted octanol–water partition coefficient (Wildman–Crippen LogP) is 1.48. The van der Waals surface area contributed by atoms with E-state index < -0.39 is 6.10 Å². The molecule has 0 amide bonds. The van der Waals surface area contributed by atoms with Gasteiger partial charge < -0.3 is 14.4 Å². The largest absolute Gasteiger partial charge is 0.393 e. The maximum Gasteiger partial charge on any atom is 0.229 e. The molecule has 0 saturated carbocycles. The van der Waals surface area contributed by atoms with Crippen LogP contribution in [-0.2, 0) is 11.2 Å². The zero-order valence-corrected chi connectivity index (χ0v) is 9.43. The highest BCUT2D eigenvalue weighted by molar-refractivity contribution is 4.91. The molecular formula is C10H18N2O3. The van der Waals surface area contributed by atoms with Crippen LogP contribution in [0.1, 0.15) is 45.0 Å². The first-order valence-electron chi connectivity index (χ1n) is 5.29. The molecule has 0 spiro atoms. The minimum absolute atomic E-state index is 0.161. The van der Waals surface area contributed by atoms with Crippen molar-refractivity contribution in [3.8, 4) is 0 Å². The maximum absolute atomic E-state index is 9.40. The molecule has 0 aliphatic carbocycles. The van der Waals surface area contributed by atoms with Crippen LogP contribution in [0.4, 0.5) is 0 Å². The molecule has 0 bridgehead atoms. The Morgan fingerprint density at radius 2 is 2.20 bits per heavy atom. The van der Waals surface area contributed by atoms with Gasteiger partial charge in [-0.1, -0.05) is 12.1 Å². The Balaban J connectivity index is 2.55. The Hall–Kier alpha value is -0.940. The number of ether oxygens (including phenoxy) is 1. The van der Waals surface area contributed by atoms with E-state index in [1.165, 1.54) is 0 Å². The Morgan fingerprint density at radius 1 is 1.47 bits per heavy atom. The normalized spacial score (nSPS) is 15.2. The molecule has 1 heterocycles. The molecular weight excluding hydrogens is 196 g/mol. The van der Waals surface area contributed by atoms with Gasteiger partial charge in [0.2, 0.25) is 5.89 Å². The van der Waals surface area contributed by atoms with Gasteiger partial charge in [0.05, 0.1) is 12.5 Å². The van der Waals surface area contributed by atoms with Crippen LogP contribution in [0.2, 0.25) is 0 Å². The molecule has 1 aromatic rings. The smallest absolute Gasteiger partial charge is 0.229 e. The second kappa shape index (κ2) is 5.82. The molecule has 1 aromatic heterocycles. The van der Waals surface area contributed by atoms with Crippen LogP contribution in [-0.4, -0.2) is 28.0 Å². The Kier molecular flexibility index (Phi) is 4.71. The van der Waals surface area contributed by atoms with Gasteiger partial charge in [-0.15, -0.1) is 0 Å².